The summed E-state index contributed by atoms with van der Waals surface area (Å²) in [6.07, 6.45) is 1.43. The highest BCUT2D eigenvalue weighted by molar-refractivity contribution is 7.90. The highest BCUT2D eigenvalue weighted by atomic mass is 32.2. The van der Waals surface area contributed by atoms with Gasteiger partial charge in [-0.15, -0.1) is 0 Å². The van der Waals surface area contributed by atoms with Crippen LogP contribution in [0.15, 0.2) is 95.9 Å². The molecule has 0 radical (unpaired) electrons. The smallest absolute Gasteiger partial charge is 0.266 e. The zero-order valence-corrected chi connectivity index (χ0v) is 16.6. The number of benzene rings is 3. The normalized spacial score (nSPS) is 11.3. The number of carbonyl (C=O) groups is 1. The predicted octanol–water partition coefficient (Wildman–Crippen LogP) is 3.94. The molecule has 4 nitrogen and oxygen atoms in total. The largest absolute Gasteiger partial charge is 0.268 e. The van der Waals surface area contributed by atoms with Crippen LogP contribution in [0.1, 0.15) is 16.7 Å². The number of allylic oxidation sites excluding steroid dienone is 1. The second-order valence-electron chi connectivity index (χ2n) is 6.31. The quantitative estimate of drug-likeness (QED) is 0.532. The highest BCUT2D eigenvalue weighted by Crippen LogP contribution is 2.16. The number of rotatable bonds is 4. The first-order valence-electron chi connectivity index (χ1n) is 8.92. The number of aryl methyl sites for hydroxylation is 1. The Bertz CT molecular complexity index is 1190. The van der Waals surface area contributed by atoms with Crippen molar-refractivity contribution >= 4 is 21.5 Å². The van der Waals surface area contributed by atoms with E-state index in [0.717, 1.165) is 11.1 Å². The molecule has 3 rings (SSSR count). The maximum absolute atomic E-state index is 12.8. The number of nitrogens with one attached hydrogen (secondary N) is 1. The predicted molar refractivity (Wildman–Crippen MR) is 114 cm³/mol. The molecule has 1 N–H and O–H groups in total. The van der Waals surface area contributed by atoms with Gasteiger partial charge in [0.05, 0.1) is 10.5 Å². The van der Waals surface area contributed by atoms with Crippen LogP contribution in [-0.4, -0.2) is 14.3 Å². The molecule has 5 heteroatoms. The summed E-state index contributed by atoms with van der Waals surface area (Å²) >= 11 is 0. The summed E-state index contributed by atoms with van der Waals surface area (Å²) in [6, 6.07) is 24.4. The Labute approximate surface area is 171 Å². The third-order valence-electron chi connectivity index (χ3n) is 4.09. The van der Waals surface area contributed by atoms with Gasteiger partial charge in [0.15, 0.2) is 0 Å². The van der Waals surface area contributed by atoms with Crippen LogP contribution >= 0.6 is 0 Å². The first-order valence-corrected chi connectivity index (χ1v) is 10.4. The average Bonchev–Trinajstić information content (AvgIpc) is 2.72. The first kappa shape index (κ1) is 20.1. The van der Waals surface area contributed by atoms with Crippen molar-refractivity contribution in [2.75, 3.05) is 0 Å². The lowest BCUT2D eigenvalue weighted by Crippen LogP contribution is -2.31. The zero-order valence-electron chi connectivity index (χ0n) is 15.8. The van der Waals surface area contributed by atoms with Crippen LogP contribution in [0.4, 0.5) is 0 Å². The van der Waals surface area contributed by atoms with Crippen LogP contribution in [0.25, 0.3) is 5.57 Å². The molecule has 0 atom stereocenters. The minimum absolute atomic E-state index is 0.0271. The second-order valence-corrected chi connectivity index (χ2v) is 7.99. The van der Waals surface area contributed by atoms with E-state index in [1.165, 1.54) is 18.2 Å². The molecule has 0 aliphatic rings. The van der Waals surface area contributed by atoms with Crippen molar-refractivity contribution in [1.82, 2.24) is 4.72 Å². The summed E-state index contributed by atoms with van der Waals surface area (Å²) < 4.78 is 27.3. The lowest BCUT2D eigenvalue weighted by Gasteiger charge is -2.10. The molecule has 3 aromatic rings. The van der Waals surface area contributed by atoms with Crippen molar-refractivity contribution in [1.29, 1.82) is 0 Å². The average molecular weight is 401 g/mol. The standard InChI is InChI=1S/C24H19NO3S/c1-19-15-17-22(18-16-19)29(27,28)25-24(26)23(21-12-6-3-7-13-21)14-8-11-20-9-4-2-5-10-20/h2-7,9-10,12-18H,1H3,(H,25,26)/b23-14+. The van der Waals surface area contributed by atoms with Gasteiger partial charge in [-0.3, -0.25) is 4.79 Å². The summed E-state index contributed by atoms with van der Waals surface area (Å²) in [5.74, 6) is 5.05. The van der Waals surface area contributed by atoms with Crippen LogP contribution in [0, 0.1) is 18.8 Å². The molecule has 3 aromatic carbocycles. The molecule has 0 unspecified atom stereocenters. The van der Waals surface area contributed by atoms with Gasteiger partial charge in [0.2, 0.25) is 0 Å². The Balaban J connectivity index is 1.92. The van der Waals surface area contributed by atoms with Crippen molar-refractivity contribution in [3.63, 3.8) is 0 Å². The minimum atomic E-state index is -4.00. The van der Waals surface area contributed by atoms with Crippen LogP contribution in [-0.2, 0) is 14.8 Å². The monoisotopic (exact) mass is 401 g/mol. The third kappa shape index (κ3) is 5.44. The van der Waals surface area contributed by atoms with Crippen molar-refractivity contribution < 1.29 is 13.2 Å². The Hall–Kier alpha value is -3.62. The molecule has 0 saturated heterocycles. The summed E-state index contributed by atoms with van der Waals surface area (Å²) in [4.78, 5) is 12.8. The maximum Gasteiger partial charge on any atom is 0.266 e. The van der Waals surface area contributed by atoms with Crippen molar-refractivity contribution in [2.24, 2.45) is 0 Å². The third-order valence-corrected chi connectivity index (χ3v) is 5.44. The van der Waals surface area contributed by atoms with Gasteiger partial charge >= 0.3 is 0 Å². The Kier molecular flexibility index (Phi) is 6.28. The molecule has 0 heterocycles. The summed E-state index contributed by atoms with van der Waals surface area (Å²) in [6.45, 7) is 1.86. The van der Waals surface area contributed by atoms with E-state index in [0.29, 0.717) is 5.56 Å². The summed E-state index contributed by atoms with van der Waals surface area (Å²) in [5.41, 5.74) is 2.47. The molecule has 144 valence electrons. The molecular formula is C24H19NO3S. The Morgan fingerprint density at radius 2 is 1.45 bits per heavy atom. The van der Waals surface area contributed by atoms with E-state index in [4.69, 9.17) is 0 Å². The van der Waals surface area contributed by atoms with E-state index in [1.807, 2.05) is 43.3 Å². The number of amides is 1. The number of carbonyl (C=O) groups excluding carboxylic acids is 1. The summed E-state index contributed by atoms with van der Waals surface area (Å²) in [5, 5.41) is 0. The lowest BCUT2D eigenvalue weighted by molar-refractivity contribution is -0.114. The molecular weight excluding hydrogens is 382 g/mol. The van der Waals surface area contributed by atoms with Gasteiger partial charge < -0.3 is 0 Å². The second kappa shape index (κ2) is 9.05. The van der Waals surface area contributed by atoms with E-state index in [2.05, 4.69) is 16.6 Å². The maximum atomic E-state index is 12.8. The van der Waals surface area contributed by atoms with Gasteiger partial charge in [-0.25, -0.2) is 13.1 Å². The van der Waals surface area contributed by atoms with E-state index >= 15 is 0 Å². The minimum Gasteiger partial charge on any atom is -0.268 e. The molecule has 0 aromatic heterocycles. The molecule has 0 spiro atoms. The van der Waals surface area contributed by atoms with Gasteiger partial charge in [-0.1, -0.05) is 78.1 Å². The molecule has 29 heavy (non-hydrogen) atoms. The highest BCUT2D eigenvalue weighted by Gasteiger charge is 2.20. The van der Waals surface area contributed by atoms with Crippen LogP contribution in [0.5, 0.6) is 0 Å². The van der Waals surface area contributed by atoms with Gasteiger partial charge in [0.25, 0.3) is 15.9 Å². The zero-order chi connectivity index (χ0) is 20.7. The first-order chi connectivity index (χ1) is 14.0. The van der Waals surface area contributed by atoms with E-state index in [-0.39, 0.29) is 10.5 Å². The fourth-order valence-electron chi connectivity index (χ4n) is 2.56. The molecule has 0 aliphatic heterocycles. The Morgan fingerprint density at radius 1 is 0.862 bits per heavy atom. The summed E-state index contributed by atoms with van der Waals surface area (Å²) in [7, 11) is -4.00. The lowest BCUT2D eigenvalue weighted by atomic mass is 10.1. The number of hydrogen-bond donors (Lipinski definition) is 1. The number of sulfonamides is 1. The van der Waals surface area contributed by atoms with Crippen LogP contribution in [0.3, 0.4) is 0 Å². The van der Waals surface area contributed by atoms with Crippen molar-refractivity contribution in [2.45, 2.75) is 11.8 Å². The van der Waals surface area contributed by atoms with Gasteiger partial charge in [-0.2, -0.15) is 0 Å². The topological polar surface area (TPSA) is 63.2 Å². The molecule has 0 saturated carbocycles. The van der Waals surface area contributed by atoms with Crippen molar-refractivity contribution in [3.05, 3.63) is 108 Å². The molecule has 0 fully saturated rings. The molecule has 0 aliphatic carbocycles. The van der Waals surface area contributed by atoms with Crippen LogP contribution in [0.2, 0.25) is 0 Å². The Morgan fingerprint density at radius 3 is 2.07 bits per heavy atom. The SMILES string of the molecule is Cc1ccc(S(=O)(=O)NC(=O)/C(=C/C#Cc2ccccc2)c2ccccc2)cc1. The number of hydrogen-bond acceptors (Lipinski definition) is 3. The molecule has 0 bridgehead atoms. The fraction of sp³-hybridized carbons (Fsp3) is 0.0417. The molecule has 1 amide bonds. The van der Waals surface area contributed by atoms with E-state index in [9.17, 15) is 13.2 Å². The van der Waals surface area contributed by atoms with Crippen molar-refractivity contribution in [3.8, 4) is 11.8 Å². The van der Waals surface area contributed by atoms with Gasteiger partial charge in [0.1, 0.15) is 0 Å². The van der Waals surface area contributed by atoms with Gasteiger partial charge in [-0.05, 0) is 36.8 Å². The van der Waals surface area contributed by atoms with Gasteiger partial charge in [0, 0.05) is 11.6 Å². The van der Waals surface area contributed by atoms with Crippen LogP contribution < -0.4 is 4.72 Å². The fourth-order valence-corrected chi connectivity index (χ4v) is 3.53. The van der Waals surface area contributed by atoms with E-state index in [1.54, 1.807) is 36.4 Å². The van der Waals surface area contributed by atoms with E-state index < -0.39 is 15.9 Å².